The van der Waals surface area contributed by atoms with Gasteiger partial charge < -0.3 is 4.90 Å². The minimum Gasteiger partial charge on any atom is -0.347 e. The molecule has 1 aliphatic rings. The number of benzene rings is 1. The lowest BCUT2D eigenvalue weighted by atomic mass is 10.1. The number of halogens is 1. The average Bonchev–Trinajstić information content (AvgIpc) is 2.91. The lowest BCUT2D eigenvalue weighted by Crippen LogP contribution is -2.29. The topological polar surface area (TPSA) is 29.0 Å². The Morgan fingerprint density at radius 2 is 1.84 bits per heavy atom. The van der Waals surface area contributed by atoms with Crippen LogP contribution in [-0.2, 0) is 6.42 Å². The maximum absolute atomic E-state index is 12.8. The normalized spacial score (nSPS) is 15.7. The zero-order chi connectivity index (χ0) is 13.1. The molecular formula is C14H16FN3S. The molecule has 1 saturated heterocycles. The molecule has 1 aliphatic heterocycles. The van der Waals surface area contributed by atoms with Crippen LogP contribution in [-0.4, -0.2) is 22.4 Å². The van der Waals surface area contributed by atoms with E-state index in [2.05, 4.69) is 14.3 Å². The SMILES string of the molecule is Fc1ccc(Cc2nsc(N3CCCCC3)n2)cc1. The summed E-state index contributed by atoms with van der Waals surface area (Å²) < 4.78 is 17.2. The van der Waals surface area contributed by atoms with E-state index in [1.54, 1.807) is 12.1 Å². The number of hydrogen-bond donors (Lipinski definition) is 0. The minimum absolute atomic E-state index is 0.205. The Morgan fingerprint density at radius 1 is 1.11 bits per heavy atom. The van der Waals surface area contributed by atoms with Gasteiger partial charge in [-0.15, -0.1) is 0 Å². The lowest BCUT2D eigenvalue weighted by molar-refractivity contribution is 0.576. The van der Waals surface area contributed by atoms with Gasteiger partial charge in [-0.1, -0.05) is 12.1 Å². The van der Waals surface area contributed by atoms with Gasteiger partial charge in [0.1, 0.15) is 11.6 Å². The molecule has 100 valence electrons. The van der Waals surface area contributed by atoms with Crippen LogP contribution < -0.4 is 4.90 Å². The van der Waals surface area contributed by atoms with Crippen molar-refractivity contribution in [2.45, 2.75) is 25.7 Å². The molecule has 0 bridgehead atoms. The summed E-state index contributed by atoms with van der Waals surface area (Å²) in [5.41, 5.74) is 1.05. The number of nitrogens with zero attached hydrogens (tertiary/aromatic N) is 3. The molecule has 0 radical (unpaired) electrons. The third kappa shape index (κ3) is 3.10. The maximum Gasteiger partial charge on any atom is 0.205 e. The Balaban J connectivity index is 1.68. The number of hydrogen-bond acceptors (Lipinski definition) is 4. The first-order chi connectivity index (χ1) is 9.31. The summed E-state index contributed by atoms with van der Waals surface area (Å²) >= 11 is 1.47. The number of aromatic nitrogens is 2. The molecule has 1 fully saturated rings. The largest absolute Gasteiger partial charge is 0.347 e. The highest BCUT2D eigenvalue weighted by atomic mass is 32.1. The molecule has 0 spiro atoms. The summed E-state index contributed by atoms with van der Waals surface area (Å²) in [6, 6.07) is 6.54. The first kappa shape index (κ1) is 12.5. The first-order valence-electron chi connectivity index (χ1n) is 6.63. The molecule has 0 N–H and O–H groups in total. The smallest absolute Gasteiger partial charge is 0.205 e. The van der Waals surface area contributed by atoms with E-state index in [0.717, 1.165) is 29.6 Å². The maximum atomic E-state index is 12.8. The van der Waals surface area contributed by atoms with Gasteiger partial charge in [-0.25, -0.2) is 9.37 Å². The highest BCUT2D eigenvalue weighted by Gasteiger charge is 2.15. The third-order valence-corrected chi connectivity index (χ3v) is 4.17. The van der Waals surface area contributed by atoms with Gasteiger partial charge in [0.2, 0.25) is 5.13 Å². The molecule has 2 heterocycles. The fraction of sp³-hybridized carbons (Fsp3) is 0.429. The zero-order valence-electron chi connectivity index (χ0n) is 10.7. The molecule has 0 amide bonds. The molecule has 3 nitrogen and oxygen atoms in total. The summed E-state index contributed by atoms with van der Waals surface area (Å²) in [4.78, 5) is 6.91. The molecule has 3 rings (SSSR count). The molecular weight excluding hydrogens is 261 g/mol. The van der Waals surface area contributed by atoms with Crippen LogP contribution in [0.25, 0.3) is 0 Å². The highest BCUT2D eigenvalue weighted by molar-refractivity contribution is 7.09. The van der Waals surface area contributed by atoms with E-state index in [1.165, 1.54) is 42.9 Å². The first-order valence-corrected chi connectivity index (χ1v) is 7.40. The van der Waals surface area contributed by atoms with E-state index >= 15 is 0 Å². The van der Waals surface area contributed by atoms with Gasteiger partial charge in [0.15, 0.2) is 0 Å². The van der Waals surface area contributed by atoms with E-state index in [0.29, 0.717) is 6.42 Å². The lowest BCUT2D eigenvalue weighted by Gasteiger charge is -2.25. The molecule has 1 aromatic heterocycles. The van der Waals surface area contributed by atoms with Crippen molar-refractivity contribution in [1.29, 1.82) is 0 Å². The summed E-state index contributed by atoms with van der Waals surface area (Å²) in [6.07, 6.45) is 4.47. The monoisotopic (exact) mass is 277 g/mol. The van der Waals surface area contributed by atoms with E-state index in [4.69, 9.17) is 0 Å². The quantitative estimate of drug-likeness (QED) is 0.862. The van der Waals surface area contributed by atoms with Gasteiger partial charge in [-0.05, 0) is 37.0 Å². The van der Waals surface area contributed by atoms with E-state index in [9.17, 15) is 4.39 Å². The molecule has 0 aliphatic carbocycles. The van der Waals surface area contributed by atoms with Crippen molar-refractivity contribution in [3.05, 3.63) is 41.5 Å². The van der Waals surface area contributed by atoms with Crippen molar-refractivity contribution in [1.82, 2.24) is 9.36 Å². The van der Waals surface area contributed by atoms with Crippen molar-refractivity contribution in [3.8, 4) is 0 Å². The third-order valence-electron chi connectivity index (χ3n) is 3.36. The van der Waals surface area contributed by atoms with Crippen LogP contribution in [0.3, 0.4) is 0 Å². The molecule has 2 aromatic rings. The molecule has 5 heteroatoms. The number of anilines is 1. The fourth-order valence-electron chi connectivity index (χ4n) is 2.32. The second-order valence-electron chi connectivity index (χ2n) is 4.84. The van der Waals surface area contributed by atoms with Gasteiger partial charge in [-0.2, -0.15) is 4.37 Å². The van der Waals surface area contributed by atoms with Gasteiger partial charge in [0.25, 0.3) is 0 Å². The molecule has 0 atom stereocenters. The van der Waals surface area contributed by atoms with E-state index in [1.807, 2.05) is 0 Å². The second kappa shape index (κ2) is 5.65. The van der Waals surface area contributed by atoms with Crippen LogP contribution in [0, 0.1) is 5.82 Å². The number of rotatable bonds is 3. The molecule has 0 saturated carbocycles. The van der Waals surface area contributed by atoms with Crippen LogP contribution in [0.2, 0.25) is 0 Å². The Labute approximate surface area is 116 Å². The molecule has 1 aromatic carbocycles. The van der Waals surface area contributed by atoms with Gasteiger partial charge in [0.05, 0.1) is 0 Å². The van der Waals surface area contributed by atoms with Crippen molar-refractivity contribution in [2.24, 2.45) is 0 Å². The van der Waals surface area contributed by atoms with Crippen LogP contribution in [0.1, 0.15) is 30.7 Å². The summed E-state index contributed by atoms with van der Waals surface area (Å²) in [5.74, 6) is 0.626. The summed E-state index contributed by atoms with van der Waals surface area (Å²) in [5, 5.41) is 1.02. The van der Waals surface area contributed by atoms with Crippen molar-refractivity contribution in [3.63, 3.8) is 0 Å². The highest BCUT2D eigenvalue weighted by Crippen LogP contribution is 2.22. The summed E-state index contributed by atoms with van der Waals surface area (Å²) in [6.45, 7) is 2.18. The Morgan fingerprint density at radius 3 is 2.58 bits per heavy atom. The van der Waals surface area contributed by atoms with Crippen LogP contribution in [0.15, 0.2) is 24.3 Å². The summed E-state index contributed by atoms with van der Waals surface area (Å²) in [7, 11) is 0. The Kier molecular flexibility index (Phi) is 3.73. The van der Waals surface area contributed by atoms with Crippen LogP contribution >= 0.6 is 11.5 Å². The second-order valence-corrected chi connectivity index (χ2v) is 5.57. The van der Waals surface area contributed by atoms with E-state index < -0.39 is 0 Å². The van der Waals surface area contributed by atoms with Gasteiger partial charge in [-0.3, -0.25) is 0 Å². The zero-order valence-corrected chi connectivity index (χ0v) is 11.5. The minimum atomic E-state index is -0.205. The Bertz CT molecular complexity index is 532. The van der Waals surface area contributed by atoms with Crippen LogP contribution in [0.5, 0.6) is 0 Å². The van der Waals surface area contributed by atoms with Crippen molar-refractivity contribution >= 4 is 16.7 Å². The standard InChI is InChI=1S/C14H16FN3S/c15-12-6-4-11(5-7-12)10-13-16-14(19-17-13)18-8-2-1-3-9-18/h4-7H,1-3,8-10H2. The Hall–Kier alpha value is -1.49. The predicted molar refractivity (Wildman–Crippen MR) is 75.2 cm³/mol. The fourth-order valence-corrected chi connectivity index (χ4v) is 3.05. The molecule has 0 unspecified atom stereocenters. The van der Waals surface area contributed by atoms with Gasteiger partial charge in [0, 0.05) is 31.0 Å². The predicted octanol–water partition coefficient (Wildman–Crippen LogP) is 3.26. The van der Waals surface area contributed by atoms with E-state index in [-0.39, 0.29) is 5.82 Å². The van der Waals surface area contributed by atoms with Crippen molar-refractivity contribution in [2.75, 3.05) is 18.0 Å². The van der Waals surface area contributed by atoms with Crippen molar-refractivity contribution < 1.29 is 4.39 Å². The van der Waals surface area contributed by atoms with Crippen LogP contribution in [0.4, 0.5) is 9.52 Å². The van der Waals surface area contributed by atoms with Gasteiger partial charge >= 0.3 is 0 Å². The average molecular weight is 277 g/mol. The molecule has 19 heavy (non-hydrogen) atoms. The number of piperidine rings is 1.